The van der Waals surface area contributed by atoms with Crippen LogP contribution in [0.5, 0.6) is 46.0 Å². The molecule has 102 heavy (non-hydrogen) atoms. The van der Waals surface area contributed by atoms with E-state index < -0.39 is 5.41 Å². The fourth-order valence-electron chi connectivity index (χ4n) is 12.8. The van der Waals surface area contributed by atoms with E-state index in [0.717, 1.165) is 112 Å². The predicted molar refractivity (Wildman–Crippen MR) is 388 cm³/mol. The van der Waals surface area contributed by atoms with E-state index in [1.165, 1.54) is 33.4 Å². The number of ether oxygens (including phenoxy) is 16. The molecule has 8 aliphatic rings. The average Bonchev–Trinajstić information content (AvgIpc) is 1.76. The van der Waals surface area contributed by atoms with E-state index in [1.54, 1.807) is 0 Å². The monoisotopic (exact) mass is 1380 g/mol. The van der Waals surface area contributed by atoms with Crippen molar-refractivity contribution in [3.63, 3.8) is 0 Å². The third kappa shape index (κ3) is 18.2. The topological polar surface area (TPSA) is 174 Å². The molecule has 8 aromatic carbocycles. The highest BCUT2D eigenvalue weighted by atomic mass is 16.6. The number of rotatable bonds is 36. The van der Waals surface area contributed by atoms with E-state index >= 15 is 0 Å². The van der Waals surface area contributed by atoms with E-state index in [4.69, 9.17) is 75.8 Å². The quantitative estimate of drug-likeness (QED) is 0.0339. The largest absolute Gasteiger partial charge is 0.491 e. The van der Waals surface area contributed by atoms with Gasteiger partial charge in [-0.05, 0) is 140 Å². The lowest BCUT2D eigenvalue weighted by molar-refractivity contribution is 0.257. The van der Waals surface area contributed by atoms with Crippen LogP contribution in [0.25, 0.3) is 0 Å². The van der Waals surface area contributed by atoms with Gasteiger partial charge < -0.3 is 75.8 Å². The Labute approximate surface area is 599 Å². The first kappa shape index (κ1) is 69.6. The SMILES string of the molecule is CC(C)(c1ccc(OCC2CO2)cc1)c1ccc(OCC2CO2)c(Cc2cc(C(C)(C)c3ccc(OCC4CO4)cc3)cc(Cc3cc(C(C)(C)c4ccc(OCC5CO5)cc4)ccc3OCC3CO3)c2OCC2CO2)c1.CC(C)(c1ccc(OCC2CO2)cc1)c1ccc(OCC2CO2)cc1. The zero-order valence-electron chi connectivity index (χ0n) is 60.0. The van der Waals surface area contributed by atoms with Crippen molar-refractivity contribution in [3.8, 4) is 46.0 Å². The first-order valence-electron chi connectivity index (χ1n) is 36.3. The molecule has 8 fully saturated rings. The Morgan fingerprint density at radius 1 is 0.235 bits per heavy atom. The fraction of sp³-hybridized carbons (Fsp3) is 0.442. The lowest BCUT2D eigenvalue weighted by atomic mass is 9.75. The van der Waals surface area contributed by atoms with E-state index in [1.807, 2.05) is 24.3 Å². The molecule has 0 radical (unpaired) electrons. The second kappa shape index (κ2) is 29.9. The van der Waals surface area contributed by atoms with Crippen molar-refractivity contribution < 1.29 is 75.8 Å². The molecule has 16 rings (SSSR count). The van der Waals surface area contributed by atoms with Crippen LogP contribution in [-0.4, -0.2) is 155 Å². The third-order valence-corrected chi connectivity index (χ3v) is 20.8. The van der Waals surface area contributed by atoms with Gasteiger partial charge >= 0.3 is 0 Å². The zero-order chi connectivity index (χ0) is 70.0. The molecule has 536 valence electrons. The first-order valence-corrected chi connectivity index (χ1v) is 36.3. The van der Waals surface area contributed by atoms with Crippen LogP contribution < -0.4 is 37.9 Å². The van der Waals surface area contributed by atoms with Gasteiger partial charge in [-0.2, -0.15) is 0 Å². The maximum absolute atomic E-state index is 7.09. The van der Waals surface area contributed by atoms with Crippen LogP contribution in [0.15, 0.2) is 170 Å². The van der Waals surface area contributed by atoms with Gasteiger partial charge in [0.2, 0.25) is 0 Å². The van der Waals surface area contributed by atoms with Gasteiger partial charge in [0.15, 0.2) is 0 Å². The van der Waals surface area contributed by atoms with Crippen LogP contribution in [0.3, 0.4) is 0 Å². The molecule has 0 aliphatic carbocycles. The number of hydrogen-bond acceptors (Lipinski definition) is 16. The molecule has 0 saturated carbocycles. The minimum atomic E-state index is -0.443. The van der Waals surface area contributed by atoms with Crippen molar-refractivity contribution in [1.29, 1.82) is 0 Å². The summed E-state index contributed by atoms with van der Waals surface area (Å²) in [7, 11) is 0. The second-order valence-corrected chi connectivity index (χ2v) is 30.4. The molecule has 8 aromatic rings. The van der Waals surface area contributed by atoms with Crippen molar-refractivity contribution in [1.82, 2.24) is 0 Å². The molecule has 16 heteroatoms. The van der Waals surface area contributed by atoms with Gasteiger partial charge in [0.25, 0.3) is 0 Å². The Balaban J connectivity index is 0.000000282. The van der Waals surface area contributed by atoms with Crippen molar-refractivity contribution in [2.24, 2.45) is 0 Å². The van der Waals surface area contributed by atoms with Gasteiger partial charge in [-0.25, -0.2) is 0 Å². The fourth-order valence-corrected chi connectivity index (χ4v) is 12.8. The van der Waals surface area contributed by atoms with E-state index in [2.05, 4.69) is 201 Å². The maximum Gasteiger partial charge on any atom is 0.126 e. The van der Waals surface area contributed by atoms with Crippen LogP contribution in [0, 0.1) is 0 Å². The molecule has 8 aliphatic heterocycles. The Kier molecular flexibility index (Phi) is 20.4. The van der Waals surface area contributed by atoms with Gasteiger partial charge in [-0.1, -0.05) is 152 Å². The first-order chi connectivity index (χ1) is 49.4. The molecule has 16 nitrogen and oxygen atoms in total. The van der Waals surface area contributed by atoms with Crippen LogP contribution in [-0.2, 0) is 72.4 Å². The van der Waals surface area contributed by atoms with Gasteiger partial charge in [-0.3, -0.25) is 0 Å². The van der Waals surface area contributed by atoms with Crippen LogP contribution in [0.2, 0.25) is 0 Å². The summed E-state index contributed by atoms with van der Waals surface area (Å²) in [5.41, 5.74) is 12.5. The molecule has 0 aromatic heterocycles. The number of epoxide rings is 8. The molecule has 8 unspecified atom stereocenters. The van der Waals surface area contributed by atoms with Crippen LogP contribution >= 0.6 is 0 Å². The summed E-state index contributed by atoms with van der Waals surface area (Å²) in [6, 6.07) is 60.2. The molecule has 0 amide bonds. The van der Waals surface area contributed by atoms with Crippen molar-refractivity contribution in [3.05, 3.63) is 237 Å². The van der Waals surface area contributed by atoms with Crippen LogP contribution in [0.4, 0.5) is 0 Å². The lowest BCUT2D eigenvalue weighted by Crippen LogP contribution is -2.21. The number of benzene rings is 8. The second-order valence-electron chi connectivity index (χ2n) is 30.4. The van der Waals surface area contributed by atoms with Crippen LogP contribution in [0.1, 0.15) is 122 Å². The maximum atomic E-state index is 7.09. The summed E-state index contributed by atoms with van der Waals surface area (Å²) in [4.78, 5) is 0. The molecular formula is C86H96O16. The summed E-state index contributed by atoms with van der Waals surface area (Å²) < 4.78 is 93.7. The summed E-state index contributed by atoms with van der Waals surface area (Å²) >= 11 is 0. The minimum Gasteiger partial charge on any atom is -0.491 e. The van der Waals surface area contributed by atoms with Gasteiger partial charge in [0, 0.05) is 34.5 Å². The molecule has 0 bridgehead atoms. The molecular weight excluding hydrogens is 1290 g/mol. The highest BCUT2D eigenvalue weighted by Gasteiger charge is 2.35. The van der Waals surface area contributed by atoms with E-state index in [9.17, 15) is 0 Å². The highest BCUT2D eigenvalue weighted by molar-refractivity contribution is 5.57. The van der Waals surface area contributed by atoms with Crippen molar-refractivity contribution >= 4 is 0 Å². The molecule has 8 heterocycles. The highest BCUT2D eigenvalue weighted by Crippen LogP contribution is 2.44. The van der Waals surface area contributed by atoms with Gasteiger partial charge in [-0.15, -0.1) is 0 Å². The van der Waals surface area contributed by atoms with Gasteiger partial charge in [0.05, 0.1) is 52.9 Å². The minimum absolute atomic E-state index is 0.0276. The van der Waals surface area contributed by atoms with Crippen molar-refractivity contribution in [2.45, 2.75) is 139 Å². The summed E-state index contributed by atoms with van der Waals surface area (Å²) in [5, 5.41) is 0. The Morgan fingerprint density at radius 2 is 0.431 bits per heavy atom. The van der Waals surface area contributed by atoms with Crippen molar-refractivity contribution in [2.75, 3.05) is 106 Å². The van der Waals surface area contributed by atoms with Gasteiger partial charge in [0.1, 0.15) is 148 Å². The molecule has 0 spiro atoms. The predicted octanol–water partition coefficient (Wildman–Crippen LogP) is 14.1. The van der Waals surface area contributed by atoms with E-state index in [-0.39, 0.29) is 65.1 Å². The lowest BCUT2D eigenvalue weighted by Gasteiger charge is -2.30. The third-order valence-electron chi connectivity index (χ3n) is 20.8. The average molecular weight is 1390 g/mol. The molecule has 8 atom stereocenters. The normalized spacial score (nSPS) is 21.9. The Bertz CT molecular complexity index is 3900. The molecule has 0 N–H and O–H groups in total. The zero-order valence-corrected chi connectivity index (χ0v) is 60.0. The summed E-state index contributed by atoms with van der Waals surface area (Å²) in [6.07, 6.45) is 2.40. The number of hydrogen-bond donors (Lipinski definition) is 0. The Hall–Kier alpha value is -8.16. The smallest absolute Gasteiger partial charge is 0.126 e. The summed E-state index contributed by atoms with van der Waals surface area (Å²) in [5.74, 6) is 6.77. The summed E-state index contributed by atoms with van der Waals surface area (Å²) in [6.45, 7) is 28.5. The Morgan fingerprint density at radius 3 is 0.676 bits per heavy atom. The standard InChI is InChI=1S/C65H72O12.C21H24O4/c1-63(2,45-7-15-51(16-8-45)66-29-54-32-69-54)48-13-21-60(75-38-57-35-72-57)41(25-48)23-43-27-50(65(5,6)47-11-19-53(20-12-47)68-31-56-34-71-56)28-44(62(43)77-40-59-37-74-59)24-42-26-49(14-22-61(42)76-39-58-36-73-58)64(3,4)46-9-17-52(18-10-46)67-30-55-33-70-55;1-21(2,15-3-7-17(8-4-15)22-11-19-13-24-19)16-5-9-18(10-6-16)23-12-20-14-25-20/h7-22,25-28,54-59H,23-24,29-40H2,1-6H3;3-10,19-20H,11-14H2,1-2H3. The molecule has 8 saturated heterocycles. The van der Waals surface area contributed by atoms with E-state index in [0.29, 0.717) is 85.5 Å².